The molecule has 0 aliphatic carbocycles. The molecule has 7 heteroatoms. The van der Waals surface area contributed by atoms with Crippen LogP contribution in [0.5, 0.6) is 0 Å². The van der Waals surface area contributed by atoms with Gasteiger partial charge in [0.2, 0.25) is 0 Å². The van der Waals surface area contributed by atoms with Crippen molar-refractivity contribution in [2.24, 2.45) is 0 Å². The number of urea groups is 1. The molecule has 29 heavy (non-hydrogen) atoms. The van der Waals surface area contributed by atoms with Gasteiger partial charge in [0.05, 0.1) is 0 Å². The van der Waals surface area contributed by atoms with E-state index in [4.69, 9.17) is 0 Å². The van der Waals surface area contributed by atoms with Crippen LogP contribution in [0.15, 0.2) is 54.9 Å². The summed E-state index contributed by atoms with van der Waals surface area (Å²) in [7, 11) is 0. The van der Waals surface area contributed by atoms with Gasteiger partial charge in [0.1, 0.15) is 5.54 Å². The summed E-state index contributed by atoms with van der Waals surface area (Å²) in [5.41, 5.74) is 0.695. The number of likely N-dealkylation sites (tertiary alicyclic amines) is 1. The predicted molar refractivity (Wildman–Crippen MR) is 107 cm³/mol. The van der Waals surface area contributed by atoms with Gasteiger partial charge in [0.15, 0.2) is 0 Å². The molecule has 7 nitrogen and oxygen atoms in total. The molecule has 0 bridgehead atoms. The minimum Gasteiger partial charge on any atom is -0.338 e. The van der Waals surface area contributed by atoms with Crippen molar-refractivity contribution in [2.45, 2.75) is 31.8 Å². The molecule has 2 saturated heterocycles. The number of likely N-dealkylation sites (N-methyl/N-ethyl adjacent to an activating group) is 1. The summed E-state index contributed by atoms with van der Waals surface area (Å²) < 4.78 is 0. The fourth-order valence-corrected chi connectivity index (χ4v) is 4.29. The van der Waals surface area contributed by atoms with E-state index in [-0.39, 0.29) is 17.8 Å². The highest BCUT2D eigenvalue weighted by atomic mass is 16.2. The van der Waals surface area contributed by atoms with Crippen molar-refractivity contribution < 1.29 is 14.4 Å². The van der Waals surface area contributed by atoms with E-state index in [2.05, 4.69) is 4.98 Å². The zero-order valence-electron chi connectivity index (χ0n) is 16.5. The molecule has 4 amide bonds. The number of carbonyl (C=O) groups excluding carboxylic acids is 3. The molecule has 0 saturated carbocycles. The topological polar surface area (TPSA) is 73.8 Å². The number of piperidine rings is 1. The third-order valence-electron chi connectivity index (χ3n) is 5.93. The highest BCUT2D eigenvalue weighted by Crippen LogP contribution is 2.38. The van der Waals surface area contributed by atoms with Gasteiger partial charge in [-0.15, -0.1) is 0 Å². The second-order valence-electron chi connectivity index (χ2n) is 7.46. The van der Waals surface area contributed by atoms with Crippen LogP contribution in [0.25, 0.3) is 0 Å². The number of imide groups is 1. The van der Waals surface area contributed by atoms with Crippen LogP contribution >= 0.6 is 0 Å². The molecule has 0 atom stereocenters. The van der Waals surface area contributed by atoms with Crippen LogP contribution in [0.1, 0.15) is 35.7 Å². The molecular weight excluding hydrogens is 368 g/mol. The van der Waals surface area contributed by atoms with Gasteiger partial charge in [-0.2, -0.15) is 0 Å². The first-order valence-electron chi connectivity index (χ1n) is 9.93. The van der Waals surface area contributed by atoms with Gasteiger partial charge in [-0.3, -0.25) is 19.5 Å². The van der Waals surface area contributed by atoms with Gasteiger partial charge in [-0.05, 0) is 37.5 Å². The first-order chi connectivity index (χ1) is 14.1. The number of pyridine rings is 1. The average Bonchev–Trinajstić information content (AvgIpc) is 2.96. The Bertz CT molecular complexity index is 908. The van der Waals surface area contributed by atoms with Crippen molar-refractivity contribution in [3.8, 4) is 0 Å². The Hall–Kier alpha value is -3.22. The number of benzene rings is 1. The van der Waals surface area contributed by atoms with Gasteiger partial charge in [-0.1, -0.05) is 30.3 Å². The maximum Gasteiger partial charge on any atom is 0.327 e. The van der Waals surface area contributed by atoms with Crippen LogP contribution in [0.2, 0.25) is 0 Å². The molecule has 0 radical (unpaired) electrons. The van der Waals surface area contributed by atoms with Crippen molar-refractivity contribution in [3.63, 3.8) is 0 Å². The van der Waals surface area contributed by atoms with Crippen LogP contribution < -0.4 is 0 Å². The van der Waals surface area contributed by atoms with Gasteiger partial charge < -0.3 is 9.80 Å². The summed E-state index contributed by atoms with van der Waals surface area (Å²) in [6.07, 6.45) is 4.08. The molecule has 1 aromatic heterocycles. The molecule has 2 fully saturated rings. The lowest BCUT2D eigenvalue weighted by Crippen LogP contribution is -2.57. The summed E-state index contributed by atoms with van der Waals surface area (Å²) in [4.78, 5) is 47.7. The Morgan fingerprint density at radius 2 is 1.69 bits per heavy atom. The molecule has 150 valence electrons. The molecule has 2 aliphatic rings. The van der Waals surface area contributed by atoms with Crippen LogP contribution in [-0.4, -0.2) is 62.7 Å². The van der Waals surface area contributed by atoms with Crippen molar-refractivity contribution in [1.29, 1.82) is 0 Å². The van der Waals surface area contributed by atoms with E-state index in [0.29, 0.717) is 44.6 Å². The standard InChI is InChI=1S/C22H24N4O3/c1-2-25-20(28)22(26(21(25)29)16-17-6-4-3-5-7-17)10-14-24(15-11-22)19(27)18-8-12-23-13-9-18/h3-9,12-13H,2,10-11,14-16H2,1H3. The van der Waals surface area contributed by atoms with Crippen LogP contribution in [0.4, 0.5) is 4.79 Å². The first-order valence-corrected chi connectivity index (χ1v) is 9.93. The maximum atomic E-state index is 13.2. The molecule has 3 heterocycles. The lowest BCUT2D eigenvalue weighted by Gasteiger charge is -2.42. The van der Waals surface area contributed by atoms with Crippen molar-refractivity contribution in [3.05, 3.63) is 66.0 Å². The Morgan fingerprint density at radius 1 is 1.03 bits per heavy atom. The molecule has 0 unspecified atom stereocenters. The Kier molecular flexibility index (Phi) is 5.05. The monoisotopic (exact) mass is 392 g/mol. The average molecular weight is 392 g/mol. The zero-order valence-corrected chi connectivity index (χ0v) is 16.5. The van der Waals surface area contributed by atoms with Crippen LogP contribution in [0.3, 0.4) is 0 Å². The van der Waals surface area contributed by atoms with E-state index in [1.54, 1.807) is 34.3 Å². The summed E-state index contributed by atoms with van der Waals surface area (Å²) in [6.45, 7) is 3.42. The number of hydrogen-bond donors (Lipinski definition) is 0. The fourth-order valence-electron chi connectivity index (χ4n) is 4.29. The van der Waals surface area contributed by atoms with Crippen LogP contribution in [0, 0.1) is 0 Å². The second-order valence-corrected chi connectivity index (χ2v) is 7.46. The predicted octanol–water partition coefficient (Wildman–Crippen LogP) is 2.54. The molecule has 2 aliphatic heterocycles. The Balaban J connectivity index is 1.57. The fraction of sp³-hybridized carbons (Fsp3) is 0.364. The lowest BCUT2D eigenvalue weighted by molar-refractivity contribution is -0.135. The smallest absolute Gasteiger partial charge is 0.327 e. The normalized spacial score (nSPS) is 18.6. The van der Waals surface area contributed by atoms with Gasteiger partial charge in [0.25, 0.3) is 11.8 Å². The van der Waals surface area contributed by atoms with Gasteiger partial charge in [0, 0.05) is 44.1 Å². The van der Waals surface area contributed by atoms with Crippen molar-refractivity contribution >= 4 is 17.8 Å². The third kappa shape index (κ3) is 3.26. The third-order valence-corrected chi connectivity index (χ3v) is 5.93. The molecule has 1 spiro atoms. The first kappa shape index (κ1) is 19.1. The highest BCUT2D eigenvalue weighted by Gasteiger charge is 2.57. The Labute approximate surface area is 169 Å². The van der Waals surface area contributed by atoms with Gasteiger partial charge in [-0.25, -0.2) is 4.79 Å². The highest BCUT2D eigenvalue weighted by molar-refractivity contribution is 6.07. The number of aromatic nitrogens is 1. The summed E-state index contributed by atoms with van der Waals surface area (Å²) in [5, 5.41) is 0. The summed E-state index contributed by atoms with van der Waals surface area (Å²) in [6, 6.07) is 12.8. The van der Waals surface area contributed by atoms with Crippen molar-refractivity contribution in [2.75, 3.05) is 19.6 Å². The molecular formula is C22H24N4O3. The van der Waals surface area contributed by atoms with E-state index in [9.17, 15) is 14.4 Å². The van der Waals surface area contributed by atoms with E-state index in [1.165, 1.54) is 4.90 Å². The van der Waals surface area contributed by atoms with E-state index in [0.717, 1.165) is 5.56 Å². The largest absolute Gasteiger partial charge is 0.338 e. The second kappa shape index (κ2) is 7.66. The SMILES string of the molecule is CCN1C(=O)N(Cc2ccccc2)C2(CCN(C(=O)c3ccncc3)CC2)C1=O. The number of carbonyl (C=O) groups is 3. The Morgan fingerprint density at radius 3 is 2.31 bits per heavy atom. The molecule has 1 aromatic carbocycles. The lowest BCUT2D eigenvalue weighted by atomic mass is 9.85. The number of nitrogens with zero attached hydrogens (tertiary/aromatic N) is 4. The molecule has 2 aromatic rings. The minimum absolute atomic E-state index is 0.0685. The van der Waals surface area contributed by atoms with Gasteiger partial charge >= 0.3 is 6.03 Å². The number of amides is 4. The molecule has 0 N–H and O–H groups in total. The maximum absolute atomic E-state index is 13.2. The summed E-state index contributed by atoms with van der Waals surface area (Å²) >= 11 is 0. The van der Waals surface area contributed by atoms with Crippen molar-refractivity contribution in [1.82, 2.24) is 19.7 Å². The number of hydrogen-bond acceptors (Lipinski definition) is 4. The number of rotatable bonds is 4. The van der Waals surface area contributed by atoms with Crippen LogP contribution in [-0.2, 0) is 11.3 Å². The van der Waals surface area contributed by atoms with E-state index < -0.39 is 5.54 Å². The summed E-state index contributed by atoms with van der Waals surface area (Å²) in [5.74, 6) is -0.210. The van der Waals surface area contributed by atoms with E-state index >= 15 is 0 Å². The van der Waals surface area contributed by atoms with E-state index in [1.807, 2.05) is 37.3 Å². The quantitative estimate of drug-likeness (QED) is 0.750. The zero-order chi connectivity index (χ0) is 20.4. The molecule has 4 rings (SSSR count). The minimum atomic E-state index is -0.877.